The third-order valence-corrected chi connectivity index (χ3v) is 4.12. The van der Waals surface area contributed by atoms with Crippen molar-refractivity contribution in [1.29, 1.82) is 0 Å². The summed E-state index contributed by atoms with van der Waals surface area (Å²) in [6, 6.07) is 22.4. The van der Waals surface area contributed by atoms with Crippen molar-refractivity contribution in [3.8, 4) is 5.95 Å². The van der Waals surface area contributed by atoms with Gasteiger partial charge in [-0.15, -0.1) is 0 Å². The van der Waals surface area contributed by atoms with Crippen LogP contribution < -0.4 is 0 Å². The van der Waals surface area contributed by atoms with E-state index in [9.17, 15) is 0 Å². The molecule has 5 heteroatoms. The van der Waals surface area contributed by atoms with E-state index < -0.39 is 0 Å². The number of aliphatic imine (C=N–C) groups is 1. The number of aryl methyl sites for hydroxylation is 1. The molecule has 0 unspecified atom stereocenters. The highest BCUT2D eigenvalue weighted by atomic mass is 15.2. The summed E-state index contributed by atoms with van der Waals surface area (Å²) in [7, 11) is 0. The Labute approximate surface area is 158 Å². The highest BCUT2D eigenvalue weighted by Crippen LogP contribution is 2.13. The van der Waals surface area contributed by atoms with Gasteiger partial charge in [0.05, 0.1) is 18.0 Å². The molecular formula is C22H19N5. The van der Waals surface area contributed by atoms with Crippen LogP contribution in [0, 0.1) is 6.92 Å². The molecule has 0 aliphatic carbocycles. The zero-order valence-electron chi connectivity index (χ0n) is 15.0. The molecule has 0 amide bonds. The summed E-state index contributed by atoms with van der Waals surface area (Å²) in [6.45, 7) is 2.44. The molecule has 0 bridgehead atoms. The van der Waals surface area contributed by atoms with E-state index in [1.165, 1.54) is 0 Å². The molecule has 4 aromatic rings. The molecular weight excluding hydrogens is 334 g/mol. The van der Waals surface area contributed by atoms with Crippen LogP contribution in [0.1, 0.15) is 22.5 Å². The Morgan fingerprint density at radius 2 is 1.59 bits per heavy atom. The maximum atomic E-state index is 4.90. The first kappa shape index (κ1) is 16.8. The van der Waals surface area contributed by atoms with Crippen LogP contribution in [0.2, 0.25) is 0 Å². The van der Waals surface area contributed by atoms with Gasteiger partial charge in [0.1, 0.15) is 6.33 Å². The normalized spacial score (nSPS) is 10.6. The van der Waals surface area contributed by atoms with Crippen LogP contribution in [0.3, 0.4) is 0 Å². The number of aromatic nitrogens is 4. The lowest BCUT2D eigenvalue weighted by molar-refractivity contribution is 0.862. The zero-order valence-corrected chi connectivity index (χ0v) is 15.0. The van der Waals surface area contributed by atoms with Gasteiger partial charge in [-0.3, -0.25) is 9.56 Å². The van der Waals surface area contributed by atoms with Gasteiger partial charge in [0, 0.05) is 29.2 Å². The summed E-state index contributed by atoms with van der Waals surface area (Å²) >= 11 is 0. The average molecular weight is 353 g/mol. The Kier molecular flexibility index (Phi) is 4.83. The molecule has 0 aliphatic heterocycles. The van der Waals surface area contributed by atoms with Gasteiger partial charge < -0.3 is 0 Å². The Hall–Kier alpha value is -3.60. The van der Waals surface area contributed by atoms with E-state index in [4.69, 9.17) is 4.99 Å². The van der Waals surface area contributed by atoms with Gasteiger partial charge >= 0.3 is 0 Å². The van der Waals surface area contributed by atoms with Crippen molar-refractivity contribution in [2.24, 2.45) is 4.99 Å². The average Bonchev–Trinajstić information content (AvgIpc) is 3.24. The smallest absolute Gasteiger partial charge is 0.235 e. The van der Waals surface area contributed by atoms with Crippen LogP contribution in [-0.4, -0.2) is 25.2 Å². The monoisotopic (exact) mass is 353 g/mol. The molecule has 5 nitrogen and oxygen atoms in total. The summed E-state index contributed by atoms with van der Waals surface area (Å²) < 4.78 is 1.80. The van der Waals surface area contributed by atoms with Gasteiger partial charge in [0.15, 0.2) is 0 Å². The first-order valence-electron chi connectivity index (χ1n) is 8.78. The van der Waals surface area contributed by atoms with Crippen molar-refractivity contribution in [2.45, 2.75) is 13.5 Å². The fourth-order valence-corrected chi connectivity index (χ4v) is 2.89. The third-order valence-electron chi connectivity index (χ3n) is 4.12. The summed E-state index contributed by atoms with van der Waals surface area (Å²) in [5.41, 5.74) is 4.90. The first-order valence-corrected chi connectivity index (χ1v) is 8.78. The molecule has 2 heterocycles. The van der Waals surface area contributed by atoms with Crippen LogP contribution in [0.15, 0.2) is 90.4 Å². The predicted molar refractivity (Wildman–Crippen MR) is 106 cm³/mol. The molecule has 0 spiro atoms. The minimum Gasteiger partial charge on any atom is -0.278 e. The van der Waals surface area contributed by atoms with Crippen molar-refractivity contribution in [3.63, 3.8) is 0 Å². The van der Waals surface area contributed by atoms with E-state index in [2.05, 4.69) is 39.2 Å². The van der Waals surface area contributed by atoms with Gasteiger partial charge in [0.25, 0.3) is 0 Å². The summed E-state index contributed by atoms with van der Waals surface area (Å²) in [5, 5.41) is 0. The van der Waals surface area contributed by atoms with Crippen molar-refractivity contribution >= 4 is 5.71 Å². The Morgan fingerprint density at radius 1 is 0.926 bits per heavy atom. The second-order valence-corrected chi connectivity index (χ2v) is 6.17. The van der Waals surface area contributed by atoms with Crippen LogP contribution in [-0.2, 0) is 6.54 Å². The van der Waals surface area contributed by atoms with Gasteiger partial charge in [0.2, 0.25) is 5.95 Å². The van der Waals surface area contributed by atoms with Crippen LogP contribution in [0.5, 0.6) is 0 Å². The molecule has 0 radical (unpaired) electrons. The van der Waals surface area contributed by atoms with E-state index in [0.29, 0.717) is 12.5 Å². The van der Waals surface area contributed by atoms with Crippen molar-refractivity contribution in [1.82, 2.24) is 19.5 Å². The van der Waals surface area contributed by atoms with Gasteiger partial charge in [-0.25, -0.2) is 15.0 Å². The second kappa shape index (κ2) is 7.74. The minimum absolute atomic E-state index is 0.476. The standard InChI is InChI=1S/C22H19N5/c1-17-14-20(26-22(25-17)27-13-12-23-16-27)15-24-21(18-8-4-2-5-9-18)19-10-6-3-7-11-19/h2-14,16H,15H2,1H3. The zero-order chi connectivity index (χ0) is 18.5. The van der Waals surface area contributed by atoms with Crippen molar-refractivity contribution in [3.05, 3.63) is 108 Å². The number of hydrogen-bond acceptors (Lipinski definition) is 4. The largest absolute Gasteiger partial charge is 0.278 e. The van der Waals surface area contributed by atoms with Crippen LogP contribution in [0.25, 0.3) is 5.95 Å². The minimum atomic E-state index is 0.476. The summed E-state index contributed by atoms with van der Waals surface area (Å²) in [6.07, 6.45) is 5.24. The first-order chi connectivity index (χ1) is 13.3. The molecule has 0 N–H and O–H groups in total. The maximum Gasteiger partial charge on any atom is 0.235 e. The maximum absolute atomic E-state index is 4.90. The molecule has 0 atom stereocenters. The number of hydrogen-bond donors (Lipinski definition) is 0. The predicted octanol–water partition coefficient (Wildman–Crippen LogP) is 4.01. The highest BCUT2D eigenvalue weighted by molar-refractivity contribution is 6.12. The number of nitrogens with zero attached hydrogens (tertiary/aromatic N) is 5. The number of imidazole rings is 1. The van der Waals surface area contributed by atoms with Crippen LogP contribution >= 0.6 is 0 Å². The molecule has 2 aromatic heterocycles. The quantitative estimate of drug-likeness (QED) is 0.510. The second-order valence-electron chi connectivity index (χ2n) is 6.17. The fourth-order valence-electron chi connectivity index (χ4n) is 2.89. The lowest BCUT2D eigenvalue weighted by atomic mass is 10.0. The van der Waals surface area contributed by atoms with Crippen molar-refractivity contribution in [2.75, 3.05) is 0 Å². The number of benzene rings is 2. The van der Waals surface area contributed by atoms with Gasteiger partial charge in [-0.05, 0) is 13.0 Å². The molecule has 0 fully saturated rings. The molecule has 27 heavy (non-hydrogen) atoms. The molecule has 132 valence electrons. The van der Waals surface area contributed by atoms with E-state index in [1.807, 2.05) is 55.6 Å². The Balaban J connectivity index is 1.70. The molecule has 0 aliphatic rings. The van der Waals surface area contributed by atoms with E-state index in [0.717, 1.165) is 28.2 Å². The SMILES string of the molecule is Cc1cc(CN=C(c2ccccc2)c2ccccc2)nc(-n2ccnc2)n1. The van der Waals surface area contributed by atoms with Gasteiger partial charge in [-0.2, -0.15) is 0 Å². The molecule has 4 rings (SSSR count). The lowest BCUT2D eigenvalue weighted by Gasteiger charge is -2.09. The Morgan fingerprint density at radius 3 is 2.19 bits per heavy atom. The van der Waals surface area contributed by atoms with E-state index >= 15 is 0 Å². The summed E-state index contributed by atoms with van der Waals surface area (Å²) in [4.78, 5) is 18.1. The molecule has 2 aromatic carbocycles. The van der Waals surface area contributed by atoms with Crippen LogP contribution in [0.4, 0.5) is 0 Å². The van der Waals surface area contributed by atoms with E-state index in [1.54, 1.807) is 17.1 Å². The Bertz CT molecular complexity index is 997. The van der Waals surface area contributed by atoms with Crippen molar-refractivity contribution < 1.29 is 0 Å². The van der Waals surface area contributed by atoms with Gasteiger partial charge in [-0.1, -0.05) is 60.7 Å². The summed E-state index contributed by atoms with van der Waals surface area (Å²) in [5.74, 6) is 0.610. The lowest BCUT2D eigenvalue weighted by Crippen LogP contribution is -2.06. The highest BCUT2D eigenvalue weighted by Gasteiger charge is 2.08. The fraction of sp³-hybridized carbons (Fsp3) is 0.0909. The van der Waals surface area contributed by atoms with E-state index in [-0.39, 0.29) is 0 Å². The number of rotatable bonds is 5. The third kappa shape index (κ3) is 3.98. The topological polar surface area (TPSA) is 56.0 Å². The molecule has 0 saturated heterocycles. The molecule has 0 saturated carbocycles.